The van der Waals surface area contributed by atoms with Gasteiger partial charge in [0.25, 0.3) is 0 Å². The Morgan fingerprint density at radius 2 is 0.929 bits per heavy atom. The predicted molar refractivity (Wildman–Crippen MR) is 223 cm³/mol. The van der Waals surface area contributed by atoms with Gasteiger partial charge < -0.3 is 19.7 Å². The third-order valence-electron chi connectivity index (χ3n) is 12.4. The molecule has 4 aromatic rings. The van der Waals surface area contributed by atoms with Crippen LogP contribution in [0.3, 0.4) is 0 Å². The van der Waals surface area contributed by atoms with Crippen molar-refractivity contribution >= 4 is 19.7 Å². The maximum atomic E-state index is 13.4. The largest absolute Gasteiger partial charge is 0.497 e. The Kier molecular flexibility index (Phi) is 14.2. The Hall–Kier alpha value is -3.70. The van der Waals surface area contributed by atoms with Gasteiger partial charge in [-0.05, 0) is 84.3 Å². The SMILES string of the molecule is CCCC[C@]1(CC)CS(=O)(=O)c2ccc(OC)cc2[C@@H](c2ccccc2)[C@H]1O.CCCC[C@]1(CC)CS(=O)(=O)c2ccc(OC)cc2[C@H](c2ccccc2)[C@@H]1O. The first-order valence-corrected chi connectivity index (χ1v) is 23.3. The van der Waals surface area contributed by atoms with E-state index in [9.17, 15) is 27.0 Å². The van der Waals surface area contributed by atoms with Gasteiger partial charge in [0.2, 0.25) is 0 Å². The molecule has 0 unspecified atom stereocenters. The minimum Gasteiger partial charge on any atom is -0.497 e. The molecule has 304 valence electrons. The lowest BCUT2D eigenvalue weighted by atomic mass is 9.69. The molecule has 2 N–H and O–H groups in total. The summed E-state index contributed by atoms with van der Waals surface area (Å²) in [5.41, 5.74) is 1.75. The standard InChI is InChI=1S/2C23H30O4S/c2*1-4-6-14-23(5-2)16-28(25,26)20-13-12-18(27-3)15-19(20)21(22(23)24)17-10-8-7-9-11-17/h2*7-13,15,21-22,24H,4-6,14,16H2,1-3H3/t21-,22-,23+;21-,22-,23-/m01/s1. The molecule has 0 aliphatic carbocycles. The second-order valence-corrected chi connectivity index (χ2v) is 19.5. The molecular formula is C46H60O8S2. The molecule has 6 rings (SSSR count). The van der Waals surface area contributed by atoms with Gasteiger partial charge in [0.05, 0.1) is 47.7 Å². The summed E-state index contributed by atoms with van der Waals surface area (Å²) in [6.07, 6.45) is 4.72. The van der Waals surface area contributed by atoms with Crippen molar-refractivity contribution in [2.75, 3.05) is 25.7 Å². The molecule has 4 aromatic carbocycles. The molecule has 0 saturated heterocycles. The zero-order chi connectivity index (χ0) is 40.7. The van der Waals surface area contributed by atoms with Crippen molar-refractivity contribution in [2.24, 2.45) is 10.8 Å². The molecule has 8 nitrogen and oxygen atoms in total. The van der Waals surface area contributed by atoms with Gasteiger partial charge in [0.1, 0.15) is 11.5 Å². The number of benzene rings is 4. The smallest absolute Gasteiger partial charge is 0.179 e. The summed E-state index contributed by atoms with van der Waals surface area (Å²) in [5.74, 6) is 0.306. The highest BCUT2D eigenvalue weighted by Crippen LogP contribution is 2.51. The number of unbranched alkanes of at least 4 members (excludes halogenated alkanes) is 2. The van der Waals surface area contributed by atoms with Gasteiger partial charge in [-0.25, -0.2) is 16.8 Å². The molecule has 10 heteroatoms. The first kappa shape index (κ1) is 43.4. The highest BCUT2D eigenvalue weighted by Gasteiger charge is 2.50. The third-order valence-corrected chi connectivity index (χ3v) is 16.4. The van der Waals surface area contributed by atoms with E-state index in [1.165, 1.54) is 0 Å². The fourth-order valence-electron chi connectivity index (χ4n) is 9.01. The van der Waals surface area contributed by atoms with Crippen molar-refractivity contribution in [3.63, 3.8) is 0 Å². The maximum absolute atomic E-state index is 13.4. The van der Waals surface area contributed by atoms with Crippen molar-refractivity contribution in [1.29, 1.82) is 0 Å². The van der Waals surface area contributed by atoms with Gasteiger partial charge >= 0.3 is 0 Å². The van der Waals surface area contributed by atoms with Crippen molar-refractivity contribution in [2.45, 2.75) is 113 Å². The molecule has 0 saturated carbocycles. The van der Waals surface area contributed by atoms with E-state index in [1.54, 1.807) is 50.6 Å². The number of aliphatic hydroxyl groups excluding tert-OH is 2. The summed E-state index contributed by atoms with van der Waals surface area (Å²) >= 11 is 0. The van der Waals surface area contributed by atoms with E-state index < -0.39 is 54.5 Å². The molecule has 2 aliphatic heterocycles. The van der Waals surface area contributed by atoms with Crippen LogP contribution in [0, 0.1) is 10.8 Å². The van der Waals surface area contributed by atoms with E-state index >= 15 is 0 Å². The zero-order valence-corrected chi connectivity index (χ0v) is 35.4. The van der Waals surface area contributed by atoms with Gasteiger partial charge in [0, 0.05) is 22.7 Å². The van der Waals surface area contributed by atoms with Crippen LogP contribution in [0.1, 0.15) is 113 Å². The number of ether oxygens (including phenoxy) is 2. The lowest BCUT2D eigenvalue weighted by Crippen LogP contribution is -2.42. The van der Waals surface area contributed by atoms with Crippen molar-refractivity contribution in [1.82, 2.24) is 0 Å². The molecule has 0 fully saturated rings. The maximum Gasteiger partial charge on any atom is 0.179 e. The Balaban J connectivity index is 0.000000214. The second kappa shape index (κ2) is 18.3. The summed E-state index contributed by atoms with van der Waals surface area (Å²) < 4.78 is 64.4. The molecule has 0 radical (unpaired) electrons. The van der Waals surface area contributed by atoms with Crippen LogP contribution in [0.15, 0.2) is 107 Å². The van der Waals surface area contributed by atoms with E-state index in [0.29, 0.717) is 58.1 Å². The zero-order valence-electron chi connectivity index (χ0n) is 33.8. The van der Waals surface area contributed by atoms with Crippen LogP contribution in [-0.4, -0.2) is 65.0 Å². The number of sulfone groups is 2. The Morgan fingerprint density at radius 3 is 1.23 bits per heavy atom. The third kappa shape index (κ3) is 8.74. The number of hydrogen-bond acceptors (Lipinski definition) is 8. The van der Waals surface area contributed by atoms with Crippen LogP contribution >= 0.6 is 0 Å². The molecule has 2 heterocycles. The summed E-state index contributed by atoms with van der Waals surface area (Å²) in [4.78, 5) is 0.626. The van der Waals surface area contributed by atoms with Gasteiger partial charge in [-0.15, -0.1) is 0 Å². The van der Waals surface area contributed by atoms with Gasteiger partial charge in [-0.1, -0.05) is 114 Å². The van der Waals surface area contributed by atoms with Crippen LogP contribution < -0.4 is 9.47 Å². The van der Waals surface area contributed by atoms with Crippen LogP contribution in [-0.2, 0) is 19.7 Å². The molecule has 0 amide bonds. The van der Waals surface area contributed by atoms with E-state index in [4.69, 9.17) is 9.47 Å². The first-order chi connectivity index (χ1) is 26.8. The number of fused-ring (bicyclic) bond motifs is 2. The number of rotatable bonds is 12. The summed E-state index contributed by atoms with van der Waals surface area (Å²) in [6, 6.07) is 29.7. The normalized spacial score (nSPS) is 26.3. The number of hydrogen-bond donors (Lipinski definition) is 2. The monoisotopic (exact) mass is 804 g/mol. The van der Waals surface area contributed by atoms with Crippen LogP contribution in [0.25, 0.3) is 0 Å². The van der Waals surface area contributed by atoms with Crippen molar-refractivity contribution in [3.05, 3.63) is 119 Å². The summed E-state index contributed by atoms with van der Waals surface area (Å²) in [7, 11) is -3.95. The highest BCUT2D eigenvalue weighted by molar-refractivity contribution is 7.91. The van der Waals surface area contributed by atoms with Crippen molar-refractivity contribution in [3.8, 4) is 11.5 Å². The van der Waals surface area contributed by atoms with Crippen molar-refractivity contribution < 1.29 is 36.5 Å². The van der Waals surface area contributed by atoms with Gasteiger partial charge in [-0.3, -0.25) is 0 Å². The molecule has 0 bridgehead atoms. The Labute approximate surface area is 335 Å². The fourth-order valence-corrected chi connectivity index (χ4v) is 13.5. The van der Waals surface area contributed by atoms with E-state index in [1.807, 2.05) is 74.5 Å². The highest BCUT2D eigenvalue weighted by atomic mass is 32.2. The molecule has 0 spiro atoms. The molecule has 6 atom stereocenters. The summed E-state index contributed by atoms with van der Waals surface area (Å²) in [5, 5.41) is 23.4. The lowest BCUT2D eigenvalue weighted by molar-refractivity contribution is 0.0173. The quantitative estimate of drug-likeness (QED) is 0.145. The lowest BCUT2D eigenvalue weighted by Gasteiger charge is -2.39. The van der Waals surface area contributed by atoms with Gasteiger partial charge in [0.15, 0.2) is 19.7 Å². The fraction of sp³-hybridized carbons (Fsp3) is 0.478. The first-order valence-electron chi connectivity index (χ1n) is 20.0. The van der Waals surface area contributed by atoms with Crippen LogP contribution in [0.2, 0.25) is 0 Å². The molecular weight excluding hydrogens is 745 g/mol. The number of aliphatic hydroxyl groups is 2. The van der Waals surface area contributed by atoms with E-state index in [2.05, 4.69) is 13.8 Å². The van der Waals surface area contributed by atoms with Crippen LogP contribution in [0.5, 0.6) is 11.5 Å². The molecule has 0 aromatic heterocycles. The number of methoxy groups -OCH3 is 2. The minimum atomic E-state index is -3.54. The minimum absolute atomic E-state index is 0.0275. The Bertz CT molecular complexity index is 1970. The predicted octanol–water partition coefficient (Wildman–Crippen LogP) is 9.12. The van der Waals surface area contributed by atoms with E-state index in [0.717, 1.165) is 36.8 Å². The summed E-state index contributed by atoms with van der Waals surface area (Å²) in [6.45, 7) is 8.17. The average Bonchev–Trinajstić information content (AvgIpc) is 3.33. The Morgan fingerprint density at radius 1 is 0.571 bits per heavy atom. The second-order valence-electron chi connectivity index (χ2n) is 15.6. The molecule has 2 aliphatic rings. The average molecular weight is 805 g/mol. The van der Waals surface area contributed by atoms with Gasteiger partial charge in [-0.2, -0.15) is 0 Å². The molecule has 56 heavy (non-hydrogen) atoms. The topological polar surface area (TPSA) is 127 Å². The van der Waals surface area contributed by atoms with Crippen LogP contribution in [0.4, 0.5) is 0 Å². The van der Waals surface area contributed by atoms with E-state index in [-0.39, 0.29) is 11.5 Å².